The smallest absolute Gasteiger partial charge is 0.335 e. The molecule has 0 atom stereocenters. The Bertz CT molecular complexity index is 767. The van der Waals surface area contributed by atoms with E-state index in [9.17, 15) is 14.4 Å². The fourth-order valence-corrected chi connectivity index (χ4v) is 3.01. The van der Waals surface area contributed by atoms with Crippen molar-refractivity contribution in [2.45, 2.75) is 20.3 Å². The predicted octanol–water partition coefficient (Wildman–Crippen LogP) is 3.22. The van der Waals surface area contributed by atoms with Gasteiger partial charge < -0.3 is 15.7 Å². The number of benzene rings is 1. The average molecular weight is 332 g/mol. The Morgan fingerprint density at radius 1 is 1.17 bits per heavy atom. The van der Waals surface area contributed by atoms with Crippen molar-refractivity contribution in [1.29, 1.82) is 0 Å². The molecule has 120 valence electrons. The molecule has 2 rings (SSSR count). The third-order valence-corrected chi connectivity index (χ3v) is 4.23. The zero-order chi connectivity index (χ0) is 17.0. The van der Waals surface area contributed by atoms with Crippen LogP contribution in [0.25, 0.3) is 0 Å². The molecule has 0 aliphatic carbocycles. The molecule has 1 aromatic carbocycles. The molecule has 0 unspecified atom stereocenters. The lowest BCUT2D eigenvalue weighted by atomic mass is 10.2. The van der Waals surface area contributed by atoms with Gasteiger partial charge in [-0.25, -0.2) is 4.79 Å². The Balaban J connectivity index is 2.26. The van der Waals surface area contributed by atoms with Crippen LogP contribution in [0.4, 0.5) is 10.7 Å². The van der Waals surface area contributed by atoms with E-state index >= 15 is 0 Å². The van der Waals surface area contributed by atoms with E-state index in [0.717, 1.165) is 11.3 Å². The number of nitrogens with one attached hydrogen (secondary N) is 2. The quantitative estimate of drug-likeness (QED) is 0.783. The van der Waals surface area contributed by atoms with Crippen molar-refractivity contribution < 1.29 is 19.5 Å². The van der Waals surface area contributed by atoms with Crippen molar-refractivity contribution >= 4 is 39.8 Å². The first kappa shape index (κ1) is 16.7. The monoisotopic (exact) mass is 332 g/mol. The van der Waals surface area contributed by atoms with E-state index in [1.54, 1.807) is 18.2 Å². The van der Waals surface area contributed by atoms with Gasteiger partial charge in [-0.1, -0.05) is 13.0 Å². The lowest BCUT2D eigenvalue weighted by Crippen LogP contribution is -2.15. The number of anilines is 2. The first-order chi connectivity index (χ1) is 10.9. The summed E-state index contributed by atoms with van der Waals surface area (Å²) in [7, 11) is 0. The summed E-state index contributed by atoms with van der Waals surface area (Å²) >= 11 is 1.35. The molecule has 2 aromatic rings. The van der Waals surface area contributed by atoms with Gasteiger partial charge in [0.2, 0.25) is 5.91 Å². The molecule has 3 N–H and O–H groups in total. The Labute approximate surface area is 137 Å². The molecule has 1 heterocycles. The summed E-state index contributed by atoms with van der Waals surface area (Å²) in [5.41, 5.74) is 0.833. The summed E-state index contributed by atoms with van der Waals surface area (Å²) in [5.74, 6) is -1.72. The SMILES string of the molecule is CCc1cc(C(=O)Nc2cccc(C(=O)O)c2)c(NC(C)=O)s1. The van der Waals surface area contributed by atoms with Gasteiger partial charge in [0.15, 0.2) is 0 Å². The zero-order valence-electron chi connectivity index (χ0n) is 12.7. The van der Waals surface area contributed by atoms with Gasteiger partial charge in [0.25, 0.3) is 5.91 Å². The maximum Gasteiger partial charge on any atom is 0.335 e. The van der Waals surface area contributed by atoms with E-state index in [1.807, 2.05) is 6.92 Å². The first-order valence-corrected chi connectivity index (χ1v) is 7.77. The predicted molar refractivity (Wildman–Crippen MR) is 89.4 cm³/mol. The van der Waals surface area contributed by atoms with E-state index < -0.39 is 11.9 Å². The minimum Gasteiger partial charge on any atom is -0.478 e. The Hall–Kier alpha value is -2.67. The second kappa shape index (κ2) is 7.06. The molecule has 0 bridgehead atoms. The molecule has 2 amide bonds. The van der Waals surface area contributed by atoms with Crippen LogP contribution in [-0.4, -0.2) is 22.9 Å². The number of hydrogen-bond donors (Lipinski definition) is 3. The highest BCUT2D eigenvalue weighted by Crippen LogP contribution is 2.29. The van der Waals surface area contributed by atoms with Crippen molar-refractivity contribution in [2.75, 3.05) is 10.6 Å². The summed E-state index contributed by atoms with van der Waals surface area (Å²) in [4.78, 5) is 35.6. The molecule has 7 heteroatoms. The molecule has 0 spiro atoms. The van der Waals surface area contributed by atoms with Crippen LogP contribution in [0.5, 0.6) is 0 Å². The maximum absolute atomic E-state index is 12.4. The minimum atomic E-state index is -1.07. The molecule has 23 heavy (non-hydrogen) atoms. The van der Waals surface area contributed by atoms with Gasteiger partial charge >= 0.3 is 5.97 Å². The Morgan fingerprint density at radius 3 is 2.52 bits per heavy atom. The molecule has 0 saturated carbocycles. The van der Waals surface area contributed by atoms with Gasteiger partial charge in [0.1, 0.15) is 5.00 Å². The van der Waals surface area contributed by atoms with Crippen molar-refractivity contribution in [1.82, 2.24) is 0 Å². The number of carboxylic acid groups (broad SMARTS) is 1. The topological polar surface area (TPSA) is 95.5 Å². The number of amides is 2. The largest absolute Gasteiger partial charge is 0.478 e. The number of carboxylic acids is 1. The van der Waals surface area contributed by atoms with Crippen molar-refractivity contribution in [3.8, 4) is 0 Å². The molecule has 0 fully saturated rings. The van der Waals surface area contributed by atoms with E-state index in [1.165, 1.54) is 30.4 Å². The molecule has 0 aliphatic heterocycles. The van der Waals surface area contributed by atoms with Gasteiger partial charge in [0.05, 0.1) is 11.1 Å². The molecule has 0 saturated heterocycles. The second-order valence-corrected chi connectivity index (χ2v) is 5.97. The maximum atomic E-state index is 12.4. The number of carbonyl (C=O) groups excluding carboxylic acids is 2. The Morgan fingerprint density at radius 2 is 1.91 bits per heavy atom. The highest BCUT2D eigenvalue weighted by molar-refractivity contribution is 7.16. The summed E-state index contributed by atoms with van der Waals surface area (Å²) in [6.45, 7) is 3.34. The molecule has 0 radical (unpaired) electrons. The van der Waals surface area contributed by atoms with E-state index in [0.29, 0.717) is 16.3 Å². The van der Waals surface area contributed by atoms with Crippen LogP contribution in [0.1, 0.15) is 39.4 Å². The number of aryl methyl sites for hydroxylation is 1. The summed E-state index contributed by atoms with van der Waals surface area (Å²) in [6.07, 6.45) is 0.749. The summed E-state index contributed by atoms with van der Waals surface area (Å²) < 4.78 is 0. The number of thiophene rings is 1. The second-order valence-electron chi connectivity index (χ2n) is 4.83. The first-order valence-electron chi connectivity index (χ1n) is 6.95. The third kappa shape index (κ3) is 4.17. The molecule has 1 aromatic heterocycles. The molecular weight excluding hydrogens is 316 g/mol. The van der Waals surface area contributed by atoms with Crippen LogP contribution in [0.3, 0.4) is 0 Å². The van der Waals surface area contributed by atoms with Gasteiger partial charge in [-0.3, -0.25) is 9.59 Å². The van der Waals surface area contributed by atoms with Crippen LogP contribution >= 0.6 is 11.3 Å². The van der Waals surface area contributed by atoms with Gasteiger partial charge in [0, 0.05) is 17.5 Å². The van der Waals surface area contributed by atoms with Crippen LogP contribution in [0.2, 0.25) is 0 Å². The lowest BCUT2D eigenvalue weighted by molar-refractivity contribution is -0.114. The van der Waals surface area contributed by atoms with Gasteiger partial charge in [-0.15, -0.1) is 11.3 Å². The fourth-order valence-electron chi connectivity index (χ4n) is 1.97. The van der Waals surface area contributed by atoms with Crippen LogP contribution < -0.4 is 10.6 Å². The molecule has 6 nitrogen and oxygen atoms in total. The van der Waals surface area contributed by atoms with Crippen LogP contribution in [-0.2, 0) is 11.2 Å². The highest BCUT2D eigenvalue weighted by Gasteiger charge is 2.17. The third-order valence-electron chi connectivity index (χ3n) is 3.03. The van der Waals surface area contributed by atoms with Crippen LogP contribution in [0.15, 0.2) is 30.3 Å². The van der Waals surface area contributed by atoms with Crippen molar-refractivity contribution in [2.24, 2.45) is 0 Å². The van der Waals surface area contributed by atoms with E-state index in [4.69, 9.17) is 5.11 Å². The zero-order valence-corrected chi connectivity index (χ0v) is 13.5. The number of hydrogen-bond acceptors (Lipinski definition) is 4. The number of rotatable bonds is 5. The summed E-state index contributed by atoms with van der Waals surface area (Å²) in [5, 5.41) is 14.8. The van der Waals surface area contributed by atoms with Gasteiger partial charge in [-0.2, -0.15) is 0 Å². The minimum absolute atomic E-state index is 0.0875. The van der Waals surface area contributed by atoms with Gasteiger partial charge in [-0.05, 0) is 30.7 Å². The van der Waals surface area contributed by atoms with Crippen molar-refractivity contribution in [3.63, 3.8) is 0 Å². The highest BCUT2D eigenvalue weighted by atomic mass is 32.1. The van der Waals surface area contributed by atoms with Crippen LogP contribution in [0, 0.1) is 0 Å². The number of aromatic carboxylic acids is 1. The average Bonchev–Trinajstić information content (AvgIpc) is 2.89. The molecular formula is C16H16N2O4S. The normalized spacial score (nSPS) is 10.2. The van der Waals surface area contributed by atoms with Crippen molar-refractivity contribution in [3.05, 3.63) is 46.3 Å². The Kier molecular flexibility index (Phi) is 5.13. The van der Waals surface area contributed by atoms with E-state index in [2.05, 4.69) is 10.6 Å². The molecule has 0 aliphatic rings. The fraction of sp³-hybridized carbons (Fsp3) is 0.188. The standard InChI is InChI=1S/C16H16N2O4S/c1-3-12-8-13(15(23-12)17-9(2)19)14(20)18-11-6-4-5-10(7-11)16(21)22/h4-8H,3H2,1-2H3,(H,17,19)(H,18,20)(H,21,22). The number of carbonyl (C=O) groups is 3. The summed E-state index contributed by atoms with van der Waals surface area (Å²) in [6, 6.07) is 7.71. The van der Waals surface area contributed by atoms with E-state index in [-0.39, 0.29) is 11.5 Å². The lowest BCUT2D eigenvalue weighted by Gasteiger charge is -2.07.